The summed E-state index contributed by atoms with van der Waals surface area (Å²) in [5.74, 6) is 0. The molecule has 1 atom stereocenters. The van der Waals surface area contributed by atoms with E-state index in [0.29, 0.717) is 13.2 Å². The third-order valence-corrected chi connectivity index (χ3v) is 2.04. The van der Waals surface area contributed by atoms with Gasteiger partial charge in [-0.1, -0.05) is 54.6 Å². The Balaban J connectivity index is 2.20. The summed E-state index contributed by atoms with van der Waals surface area (Å²) in [6.07, 6.45) is 6.77. The van der Waals surface area contributed by atoms with Crippen LogP contribution in [-0.2, 0) is 11.3 Å². The van der Waals surface area contributed by atoms with Gasteiger partial charge in [-0.25, -0.2) is 0 Å². The highest BCUT2D eigenvalue weighted by Crippen LogP contribution is 2.01. The van der Waals surface area contributed by atoms with Crippen LogP contribution in [0.25, 0.3) is 0 Å². The van der Waals surface area contributed by atoms with E-state index in [9.17, 15) is 5.11 Å². The van der Waals surface area contributed by atoms with Gasteiger partial charge in [-0.2, -0.15) is 0 Å². The van der Waals surface area contributed by atoms with Gasteiger partial charge in [0.1, 0.15) is 0 Å². The summed E-state index contributed by atoms with van der Waals surface area (Å²) >= 11 is 0. The summed E-state index contributed by atoms with van der Waals surface area (Å²) in [4.78, 5) is 0. The van der Waals surface area contributed by atoms with Crippen molar-refractivity contribution in [3.8, 4) is 0 Å². The molecule has 0 aromatic heterocycles. The van der Waals surface area contributed by atoms with Crippen LogP contribution in [0.15, 0.2) is 54.6 Å². The second-order valence-corrected chi connectivity index (χ2v) is 3.48. The quantitative estimate of drug-likeness (QED) is 0.744. The third kappa shape index (κ3) is 5.49. The molecule has 0 aliphatic heterocycles. The van der Waals surface area contributed by atoms with E-state index in [0.717, 1.165) is 5.56 Å². The minimum absolute atomic E-state index is 0.322. The molecule has 2 heteroatoms. The molecule has 1 aromatic carbocycles. The molecule has 16 heavy (non-hydrogen) atoms. The Morgan fingerprint density at radius 2 is 2.00 bits per heavy atom. The van der Waals surface area contributed by atoms with E-state index >= 15 is 0 Å². The van der Waals surface area contributed by atoms with Gasteiger partial charge in [-0.05, 0) is 12.5 Å². The highest BCUT2D eigenvalue weighted by Gasteiger charge is 1.98. The fraction of sp³-hybridized carbons (Fsp3) is 0.286. The Morgan fingerprint density at radius 3 is 2.69 bits per heavy atom. The lowest BCUT2D eigenvalue weighted by molar-refractivity contribution is 0.0504. The summed E-state index contributed by atoms with van der Waals surface area (Å²) in [6, 6.07) is 9.92. The van der Waals surface area contributed by atoms with Crippen LogP contribution in [0.3, 0.4) is 0 Å². The van der Waals surface area contributed by atoms with E-state index in [1.165, 1.54) is 0 Å². The highest BCUT2D eigenvalue weighted by molar-refractivity contribution is 5.13. The van der Waals surface area contributed by atoms with Gasteiger partial charge in [0.25, 0.3) is 0 Å². The molecular weight excluding hydrogens is 200 g/mol. The molecule has 1 N–H and O–H groups in total. The molecule has 0 aliphatic rings. The minimum atomic E-state index is -0.542. The maximum atomic E-state index is 9.51. The lowest BCUT2D eigenvalue weighted by atomic mass is 10.2. The second-order valence-electron chi connectivity index (χ2n) is 3.48. The molecule has 0 aliphatic carbocycles. The van der Waals surface area contributed by atoms with Gasteiger partial charge in [0.15, 0.2) is 0 Å². The first kappa shape index (κ1) is 12.7. The van der Waals surface area contributed by atoms with E-state index < -0.39 is 6.10 Å². The Morgan fingerprint density at radius 1 is 1.25 bits per heavy atom. The topological polar surface area (TPSA) is 29.5 Å². The largest absolute Gasteiger partial charge is 0.387 e. The molecule has 0 radical (unpaired) electrons. The highest BCUT2D eigenvalue weighted by atomic mass is 16.5. The number of aliphatic hydroxyl groups is 1. The maximum absolute atomic E-state index is 9.51. The van der Waals surface area contributed by atoms with Crippen LogP contribution in [0.4, 0.5) is 0 Å². The first-order chi connectivity index (χ1) is 7.83. The zero-order valence-electron chi connectivity index (χ0n) is 9.54. The third-order valence-electron chi connectivity index (χ3n) is 2.04. The molecule has 0 spiro atoms. The summed E-state index contributed by atoms with van der Waals surface area (Å²) in [6.45, 7) is 2.79. The average molecular weight is 218 g/mol. The number of rotatable bonds is 6. The molecular formula is C14H18O2. The summed E-state index contributed by atoms with van der Waals surface area (Å²) in [5, 5.41) is 9.51. The first-order valence-corrected chi connectivity index (χ1v) is 5.42. The number of aliphatic hydroxyl groups excluding tert-OH is 1. The lowest BCUT2D eigenvalue weighted by Gasteiger charge is -2.06. The molecule has 1 rings (SSSR count). The Hall–Kier alpha value is -1.38. The van der Waals surface area contributed by atoms with Crippen molar-refractivity contribution in [2.24, 2.45) is 0 Å². The van der Waals surface area contributed by atoms with Crippen molar-refractivity contribution in [2.75, 3.05) is 6.61 Å². The SMILES string of the molecule is C/C=C/C=C/[C@@H](O)COCc1ccccc1. The standard InChI is InChI=1S/C14H18O2/c1-2-3-5-10-14(15)12-16-11-13-8-6-4-7-9-13/h2-10,14-15H,11-12H2,1H3/b3-2+,10-5+/t14-/m1/s1. The van der Waals surface area contributed by atoms with Gasteiger partial charge in [0.05, 0.1) is 19.3 Å². The van der Waals surface area contributed by atoms with E-state index in [2.05, 4.69) is 0 Å². The zero-order valence-corrected chi connectivity index (χ0v) is 9.54. The molecule has 0 saturated carbocycles. The van der Waals surface area contributed by atoms with Crippen molar-refractivity contribution in [1.29, 1.82) is 0 Å². The Labute approximate surface area is 96.9 Å². The van der Waals surface area contributed by atoms with E-state index in [-0.39, 0.29) is 0 Å². The number of allylic oxidation sites excluding steroid dienone is 3. The second kappa shape index (κ2) is 7.85. The Bertz CT molecular complexity index is 328. The lowest BCUT2D eigenvalue weighted by Crippen LogP contribution is -2.11. The normalized spacial score (nSPS) is 13.6. The molecule has 0 saturated heterocycles. The zero-order chi connectivity index (χ0) is 11.6. The van der Waals surface area contributed by atoms with Crippen molar-refractivity contribution in [1.82, 2.24) is 0 Å². The molecule has 0 heterocycles. The summed E-state index contributed by atoms with van der Waals surface area (Å²) in [5.41, 5.74) is 1.12. The van der Waals surface area contributed by atoms with Crippen LogP contribution in [0.5, 0.6) is 0 Å². The molecule has 0 bridgehead atoms. The van der Waals surface area contributed by atoms with E-state index in [1.807, 2.05) is 55.5 Å². The van der Waals surface area contributed by atoms with E-state index in [1.54, 1.807) is 6.08 Å². The monoisotopic (exact) mass is 218 g/mol. The van der Waals surface area contributed by atoms with Crippen LogP contribution < -0.4 is 0 Å². The van der Waals surface area contributed by atoms with Crippen molar-refractivity contribution >= 4 is 0 Å². The smallest absolute Gasteiger partial charge is 0.0957 e. The minimum Gasteiger partial charge on any atom is -0.387 e. The number of hydrogen-bond donors (Lipinski definition) is 1. The van der Waals surface area contributed by atoms with Crippen molar-refractivity contribution in [3.05, 3.63) is 60.2 Å². The molecule has 0 fully saturated rings. The maximum Gasteiger partial charge on any atom is 0.0957 e. The van der Waals surface area contributed by atoms with Crippen LogP contribution in [0.1, 0.15) is 12.5 Å². The van der Waals surface area contributed by atoms with Gasteiger partial charge in [-0.3, -0.25) is 0 Å². The predicted molar refractivity (Wildman–Crippen MR) is 66.1 cm³/mol. The number of hydrogen-bond acceptors (Lipinski definition) is 2. The first-order valence-electron chi connectivity index (χ1n) is 5.42. The predicted octanol–water partition coefficient (Wildman–Crippen LogP) is 2.70. The van der Waals surface area contributed by atoms with Gasteiger partial charge in [-0.15, -0.1) is 0 Å². The van der Waals surface area contributed by atoms with Crippen molar-refractivity contribution in [2.45, 2.75) is 19.6 Å². The molecule has 0 unspecified atom stereocenters. The Kier molecular flexibility index (Phi) is 6.23. The molecule has 1 aromatic rings. The molecule has 86 valence electrons. The van der Waals surface area contributed by atoms with Crippen molar-refractivity contribution in [3.63, 3.8) is 0 Å². The van der Waals surface area contributed by atoms with Gasteiger partial charge >= 0.3 is 0 Å². The fourth-order valence-corrected chi connectivity index (χ4v) is 1.23. The van der Waals surface area contributed by atoms with Crippen LogP contribution in [0.2, 0.25) is 0 Å². The number of ether oxygens (including phenoxy) is 1. The van der Waals surface area contributed by atoms with Gasteiger partial charge in [0, 0.05) is 0 Å². The van der Waals surface area contributed by atoms with Crippen molar-refractivity contribution < 1.29 is 9.84 Å². The average Bonchev–Trinajstić information content (AvgIpc) is 2.31. The summed E-state index contributed by atoms with van der Waals surface area (Å²) in [7, 11) is 0. The van der Waals surface area contributed by atoms with Crippen LogP contribution in [-0.4, -0.2) is 17.8 Å². The fourth-order valence-electron chi connectivity index (χ4n) is 1.23. The van der Waals surface area contributed by atoms with Crippen LogP contribution in [0, 0.1) is 0 Å². The number of benzene rings is 1. The van der Waals surface area contributed by atoms with Gasteiger partial charge < -0.3 is 9.84 Å². The summed E-state index contributed by atoms with van der Waals surface area (Å²) < 4.78 is 5.39. The van der Waals surface area contributed by atoms with Gasteiger partial charge in [0.2, 0.25) is 0 Å². The van der Waals surface area contributed by atoms with Crippen LogP contribution >= 0.6 is 0 Å². The van der Waals surface area contributed by atoms with E-state index in [4.69, 9.17) is 4.74 Å². The molecule has 0 amide bonds. The molecule has 2 nitrogen and oxygen atoms in total.